The summed E-state index contributed by atoms with van der Waals surface area (Å²) < 4.78 is 0. The molecule has 1 N–H and O–H groups in total. The largest absolute Gasteiger partial charge is 0.377 e. The number of nitro groups is 1. The monoisotopic (exact) mass is 222 g/mol. The Labute approximate surface area is 95.8 Å². The fraction of sp³-hybridized carbons (Fsp3) is 0.500. The molecule has 0 aliphatic carbocycles. The van der Waals surface area contributed by atoms with Crippen molar-refractivity contribution in [2.75, 3.05) is 5.32 Å². The molecule has 88 valence electrons. The maximum atomic E-state index is 11.0. The highest BCUT2D eigenvalue weighted by Crippen LogP contribution is 2.30. The van der Waals surface area contributed by atoms with Crippen molar-refractivity contribution in [2.24, 2.45) is 0 Å². The first kappa shape index (κ1) is 12.5. The molecule has 4 heteroatoms. The zero-order valence-corrected chi connectivity index (χ0v) is 10.2. The summed E-state index contributed by atoms with van der Waals surface area (Å²) in [4.78, 5) is 10.7. The zero-order valence-electron chi connectivity index (χ0n) is 10.2. The lowest BCUT2D eigenvalue weighted by Crippen LogP contribution is -2.15. The molecule has 1 aromatic rings. The van der Waals surface area contributed by atoms with E-state index < -0.39 is 0 Å². The van der Waals surface area contributed by atoms with Crippen molar-refractivity contribution in [2.45, 2.75) is 40.2 Å². The molecule has 0 fully saturated rings. The van der Waals surface area contributed by atoms with Gasteiger partial charge in [-0.3, -0.25) is 10.1 Å². The molecule has 0 saturated carbocycles. The molecule has 1 unspecified atom stereocenters. The van der Waals surface area contributed by atoms with Crippen LogP contribution in [0.1, 0.15) is 31.4 Å². The van der Waals surface area contributed by atoms with Crippen molar-refractivity contribution in [1.82, 2.24) is 0 Å². The SMILES string of the molecule is CCC(C)Nc1cc(C)cc(C)c1[N+](=O)[O-]. The van der Waals surface area contributed by atoms with E-state index in [1.807, 2.05) is 32.9 Å². The van der Waals surface area contributed by atoms with Gasteiger partial charge in [-0.05, 0) is 44.9 Å². The molecule has 16 heavy (non-hydrogen) atoms. The smallest absolute Gasteiger partial charge is 0.295 e. The highest BCUT2D eigenvalue weighted by molar-refractivity contribution is 5.66. The Bertz CT molecular complexity index is 402. The van der Waals surface area contributed by atoms with E-state index in [2.05, 4.69) is 5.32 Å². The van der Waals surface area contributed by atoms with Gasteiger partial charge in [-0.2, -0.15) is 0 Å². The van der Waals surface area contributed by atoms with E-state index in [4.69, 9.17) is 0 Å². The van der Waals surface area contributed by atoms with Crippen molar-refractivity contribution in [3.8, 4) is 0 Å². The molecular formula is C12H18N2O2. The second-order valence-electron chi connectivity index (χ2n) is 4.19. The average molecular weight is 222 g/mol. The van der Waals surface area contributed by atoms with Crippen LogP contribution in [0.3, 0.4) is 0 Å². The van der Waals surface area contributed by atoms with E-state index in [0.717, 1.165) is 12.0 Å². The quantitative estimate of drug-likeness (QED) is 0.627. The first-order valence-electron chi connectivity index (χ1n) is 5.47. The van der Waals surface area contributed by atoms with Crippen LogP contribution in [-0.2, 0) is 0 Å². The molecule has 4 nitrogen and oxygen atoms in total. The lowest BCUT2D eigenvalue weighted by molar-refractivity contribution is -0.384. The highest BCUT2D eigenvalue weighted by atomic mass is 16.6. The van der Waals surface area contributed by atoms with Gasteiger partial charge >= 0.3 is 0 Å². The van der Waals surface area contributed by atoms with Crippen LogP contribution in [0, 0.1) is 24.0 Å². The molecule has 0 amide bonds. The lowest BCUT2D eigenvalue weighted by atomic mass is 10.1. The number of aryl methyl sites for hydroxylation is 2. The molecule has 0 aromatic heterocycles. The average Bonchev–Trinajstić information content (AvgIpc) is 2.15. The normalized spacial score (nSPS) is 12.2. The summed E-state index contributed by atoms with van der Waals surface area (Å²) in [5.41, 5.74) is 2.55. The minimum absolute atomic E-state index is 0.186. The second-order valence-corrected chi connectivity index (χ2v) is 4.19. The first-order chi connectivity index (χ1) is 7.45. The standard InChI is InChI=1S/C12H18N2O2/c1-5-10(4)13-11-7-8(2)6-9(3)12(11)14(15)16/h6-7,10,13H,5H2,1-4H3. The van der Waals surface area contributed by atoms with E-state index in [0.29, 0.717) is 11.3 Å². The number of rotatable bonds is 4. The molecule has 1 rings (SSSR count). The summed E-state index contributed by atoms with van der Waals surface area (Å²) in [6, 6.07) is 3.90. The van der Waals surface area contributed by atoms with Crippen LogP contribution < -0.4 is 5.32 Å². The van der Waals surface area contributed by atoms with E-state index >= 15 is 0 Å². The Hall–Kier alpha value is -1.58. The van der Waals surface area contributed by atoms with E-state index in [1.165, 1.54) is 0 Å². The molecule has 0 bridgehead atoms. The highest BCUT2D eigenvalue weighted by Gasteiger charge is 2.18. The topological polar surface area (TPSA) is 55.2 Å². The minimum atomic E-state index is -0.320. The second kappa shape index (κ2) is 4.96. The fourth-order valence-corrected chi connectivity index (χ4v) is 1.68. The molecule has 0 spiro atoms. The van der Waals surface area contributed by atoms with Gasteiger partial charge in [0, 0.05) is 11.6 Å². The van der Waals surface area contributed by atoms with Crippen LogP contribution in [0.4, 0.5) is 11.4 Å². The maximum Gasteiger partial charge on any atom is 0.295 e. The molecule has 0 aliphatic rings. The molecule has 0 saturated heterocycles. The van der Waals surface area contributed by atoms with Gasteiger partial charge in [0.25, 0.3) is 5.69 Å². The summed E-state index contributed by atoms with van der Waals surface area (Å²) in [5, 5.41) is 14.2. The predicted octanol–water partition coefficient (Wildman–Crippen LogP) is 3.42. The van der Waals surface area contributed by atoms with E-state index in [1.54, 1.807) is 6.92 Å². The molecule has 1 aromatic carbocycles. The molecular weight excluding hydrogens is 204 g/mol. The third kappa shape index (κ3) is 2.72. The van der Waals surface area contributed by atoms with Crippen molar-refractivity contribution >= 4 is 11.4 Å². The number of nitro benzene ring substituents is 1. The number of nitrogens with one attached hydrogen (secondary N) is 1. The van der Waals surface area contributed by atoms with Crippen LogP contribution in [0.15, 0.2) is 12.1 Å². The summed E-state index contributed by atoms with van der Waals surface area (Å²) in [5.74, 6) is 0. The zero-order chi connectivity index (χ0) is 12.3. The summed E-state index contributed by atoms with van der Waals surface area (Å²) in [7, 11) is 0. The predicted molar refractivity (Wildman–Crippen MR) is 65.9 cm³/mol. The molecule has 0 radical (unpaired) electrons. The number of anilines is 1. The molecule has 1 atom stereocenters. The maximum absolute atomic E-state index is 11.0. The number of nitrogens with zero attached hydrogens (tertiary/aromatic N) is 1. The third-order valence-corrected chi connectivity index (χ3v) is 2.64. The van der Waals surface area contributed by atoms with Gasteiger partial charge in [-0.1, -0.05) is 6.92 Å². The Balaban J connectivity index is 3.19. The fourth-order valence-electron chi connectivity index (χ4n) is 1.68. The summed E-state index contributed by atoms with van der Waals surface area (Å²) >= 11 is 0. The third-order valence-electron chi connectivity index (χ3n) is 2.64. The van der Waals surface area contributed by atoms with Crippen molar-refractivity contribution in [1.29, 1.82) is 0 Å². The number of benzene rings is 1. The Morgan fingerprint density at radius 1 is 1.44 bits per heavy atom. The van der Waals surface area contributed by atoms with Gasteiger partial charge in [0.2, 0.25) is 0 Å². The van der Waals surface area contributed by atoms with Gasteiger partial charge in [0.05, 0.1) is 4.92 Å². The molecule has 0 heterocycles. The number of hydrogen-bond acceptors (Lipinski definition) is 3. The van der Waals surface area contributed by atoms with Crippen LogP contribution >= 0.6 is 0 Å². The van der Waals surface area contributed by atoms with Gasteiger partial charge in [0.1, 0.15) is 5.69 Å². The van der Waals surface area contributed by atoms with Gasteiger partial charge in [-0.25, -0.2) is 0 Å². The summed E-state index contributed by atoms with van der Waals surface area (Å²) in [6.45, 7) is 7.78. The van der Waals surface area contributed by atoms with Gasteiger partial charge in [0.15, 0.2) is 0 Å². The Kier molecular flexibility index (Phi) is 3.88. The van der Waals surface area contributed by atoms with Crippen LogP contribution in [0.2, 0.25) is 0 Å². The lowest BCUT2D eigenvalue weighted by Gasteiger charge is -2.14. The van der Waals surface area contributed by atoms with Crippen molar-refractivity contribution in [3.05, 3.63) is 33.4 Å². The van der Waals surface area contributed by atoms with Crippen LogP contribution in [0.25, 0.3) is 0 Å². The van der Waals surface area contributed by atoms with E-state index in [9.17, 15) is 10.1 Å². The Morgan fingerprint density at radius 3 is 2.56 bits per heavy atom. The van der Waals surface area contributed by atoms with Crippen LogP contribution in [0.5, 0.6) is 0 Å². The molecule has 0 aliphatic heterocycles. The van der Waals surface area contributed by atoms with Gasteiger partial charge in [-0.15, -0.1) is 0 Å². The van der Waals surface area contributed by atoms with Crippen LogP contribution in [-0.4, -0.2) is 11.0 Å². The van der Waals surface area contributed by atoms with Crippen molar-refractivity contribution < 1.29 is 4.92 Å². The minimum Gasteiger partial charge on any atom is -0.377 e. The summed E-state index contributed by atoms with van der Waals surface area (Å²) in [6.07, 6.45) is 0.935. The Morgan fingerprint density at radius 2 is 2.06 bits per heavy atom. The van der Waals surface area contributed by atoms with Crippen molar-refractivity contribution in [3.63, 3.8) is 0 Å². The van der Waals surface area contributed by atoms with E-state index in [-0.39, 0.29) is 16.7 Å². The first-order valence-corrected chi connectivity index (χ1v) is 5.47. The number of hydrogen-bond donors (Lipinski definition) is 1. The van der Waals surface area contributed by atoms with Gasteiger partial charge < -0.3 is 5.32 Å².